The van der Waals surface area contributed by atoms with Gasteiger partial charge in [-0.3, -0.25) is 0 Å². The number of hydrogen-bond donors (Lipinski definition) is 3. The molecule has 4 aromatic rings. The third-order valence-corrected chi connectivity index (χ3v) is 4.24. The van der Waals surface area contributed by atoms with Crippen molar-refractivity contribution in [1.29, 1.82) is 0 Å². The smallest absolute Gasteiger partial charge is 0.222 e. The van der Waals surface area contributed by atoms with E-state index in [4.69, 9.17) is 27.8 Å². The Balaban J connectivity index is 2.16. The van der Waals surface area contributed by atoms with E-state index in [1.165, 1.54) is 0 Å². The van der Waals surface area contributed by atoms with Gasteiger partial charge >= 0.3 is 0 Å². The molecule has 2 aromatic carbocycles. The van der Waals surface area contributed by atoms with Gasteiger partial charge in [-0.1, -0.05) is 11.6 Å². The van der Waals surface area contributed by atoms with Crippen LogP contribution in [0.4, 0.5) is 11.8 Å². The summed E-state index contributed by atoms with van der Waals surface area (Å²) in [5.41, 5.74) is 15.2. The lowest BCUT2D eigenvalue weighted by Gasteiger charge is -2.12. The van der Waals surface area contributed by atoms with Crippen LogP contribution in [0.25, 0.3) is 32.9 Å². The van der Waals surface area contributed by atoms with Crippen LogP contribution >= 0.6 is 11.6 Å². The molecule has 0 unspecified atom stereocenters. The Morgan fingerprint density at radius 1 is 1.08 bits per heavy atom. The summed E-state index contributed by atoms with van der Waals surface area (Å²) in [6, 6.07) is 9.33. The molecule has 4 rings (SSSR count). The molecule has 0 amide bonds. The minimum absolute atomic E-state index is 0.138. The molecule has 0 bridgehead atoms. The number of aromatic amines is 1. The summed E-state index contributed by atoms with van der Waals surface area (Å²) in [6.07, 6.45) is 1.85. The van der Waals surface area contributed by atoms with E-state index in [0.717, 1.165) is 27.4 Å². The average Bonchev–Trinajstić information content (AvgIpc) is 3.02. The van der Waals surface area contributed by atoms with E-state index < -0.39 is 0 Å². The second-order valence-electron chi connectivity index (χ2n) is 5.40. The largest absolute Gasteiger partial charge is 0.496 e. The summed E-state index contributed by atoms with van der Waals surface area (Å²) < 4.78 is 5.49. The Morgan fingerprint density at radius 2 is 1.92 bits per heavy atom. The summed E-state index contributed by atoms with van der Waals surface area (Å²) in [6.45, 7) is 0. The number of anilines is 2. The first kappa shape index (κ1) is 14.6. The second-order valence-corrected chi connectivity index (χ2v) is 5.83. The molecular formula is C17H14ClN5O. The van der Waals surface area contributed by atoms with Gasteiger partial charge in [0.15, 0.2) is 0 Å². The fourth-order valence-corrected chi connectivity index (χ4v) is 3.18. The summed E-state index contributed by atoms with van der Waals surface area (Å²) in [7, 11) is 1.62. The van der Waals surface area contributed by atoms with Gasteiger partial charge in [-0.15, -0.1) is 0 Å². The van der Waals surface area contributed by atoms with Crippen LogP contribution in [0.5, 0.6) is 5.75 Å². The predicted molar refractivity (Wildman–Crippen MR) is 97.2 cm³/mol. The highest BCUT2D eigenvalue weighted by atomic mass is 35.5. The third kappa shape index (κ3) is 2.11. The van der Waals surface area contributed by atoms with E-state index in [-0.39, 0.29) is 5.95 Å². The Labute approximate surface area is 142 Å². The van der Waals surface area contributed by atoms with Crippen molar-refractivity contribution in [1.82, 2.24) is 15.0 Å². The van der Waals surface area contributed by atoms with E-state index in [9.17, 15) is 0 Å². The number of halogens is 1. The minimum Gasteiger partial charge on any atom is -0.496 e. The molecule has 0 aliphatic rings. The van der Waals surface area contributed by atoms with Crippen LogP contribution in [-0.4, -0.2) is 22.1 Å². The fourth-order valence-electron chi connectivity index (χ4n) is 3.01. The summed E-state index contributed by atoms with van der Waals surface area (Å²) >= 11 is 6.19. The molecule has 0 atom stereocenters. The highest BCUT2D eigenvalue weighted by Gasteiger charge is 2.16. The number of nitrogens with zero attached hydrogens (tertiary/aromatic N) is 2. The maximum Gasteiger partial charge on any atom is 0.222 e. The van der Waals surface area contributed by atoms with Crippen molar-refractivity contribution in [3.05, 3.63) is 41.6 Å². The van der Waals surface area contributed by atoms with Crippen LogP contribution in [0.2, 0.25) is 5.02 Å². The highest BCUT2D eigenvalue weighted by molar-refractivity contribution is 6.31. The molecule has 6 nitrogen and oxygen atoms in total. The van der Waals surface area contributed by atoms with Crippen molar-refractivity contribution in [2.45, 2.75) is 0 Å². The number of rotatable bonds is 2. The van der Waals surface area contributed by atoms with Crippen LogP contribution < -0.4 is 16.2 Å². The molecule has 2 heterocycles. The Kier molecular flexibility index (Phi) is 3.21. The van der Waals surface area contributed by atoms with Gasteiger partial charge in [0, 0.05) is 27.7 Å². The predicted octanol–water partition coefficient (Wildman–Crippen LogP) is 3.60. The molecule has 2 aromatic heterocycles. The maximum absolute atomic E-state index is 6.19. The Hall–Kier alpha value is -2.99. The number of nitrogen functional groups attached to an aromatic ring is 2. The van der Waals surface area contributed by atoms with E-state index in [1.807, 2.05) is 30.5 Å². The van der Waals surface area contributed by atoms with E-state index in [2.05, 4.69) is 15.0 Å². The SMILES string of the molecule is COc1ccc(Cl)cc1-c1cc2nc(N)nc(N)c2c2cc[nH]c12. The van der Waals surface area contributed by atoms with Crippen LogP contribution in [0.15, 0.2) is 36.5 Å². The number of nitrogens with one attached hydrogen (secondary N) is 1. The van der Waals surface area contributed by atoms with Gasteiger partial charge in [-0.25, -0.2) is 4.98 Å². The van der Waals surface area contributed by atoms with Crippen LogP contribution in [0.3, 0.4) is 0 Å². The number of hydrogen-bond acceptors (Lipinski definition) is 5. The van der Waals surface area contributed by atoms with Crippen LogP contribution in [0.1, 0.15) is 0 Å². The molecule has 7 heteroatoms. The highest BCUT2D eigenvalue weighted by Crippen LogP contribution is 2.40. The molecule has 5 N–H and O–H groups in total. The molecule has 0 radical (unpaired) electrons. The number of H-pyrrole nitrogens is 1. The summed E-state index contributed by atoms with van der Waals surface area (Å²) in [5, 5.41) is 2.31. The molecule has 0 fully saturated rings. The van der Waals surface area contributed by atoms with Gasteiger partial charge in [0.2, 0.25) is 5.95 Å². The van der Waals surface area contributed by atoms with Crippen LogP contribution in [-0.2, 0) is 0 Å². The first-order valence-electron chi connectivity index (χ1n) is 7.25. The second kappa shape index (κ2) is 5.28. The monoisotopic (exact) mass is 339 g/mol. The molecule has 0 saturated carbocycles. The molecule has 24 heavy (non-hydrogen) atoms. The van der Waals surface area contributed by atoms with E-state index in [0.29, 0.717) is 22.1 Å². The fraction of sp³-hybridized carbons (Fsp3) is 0.0588. The average molecular weight is 340 g/mol. The lowest BCUT2D eigenvalue weighted by molar-refractivity contribution is 0.416. The zero-order chi connectivity index (χ0) is 16.8. The summed E-state index contributed by atoms with van der Waals surface area (Å²) in [5.74, 6) is 1.20. The zero-order valence-corrected chi connectivity index (χ0v) is 13.6. The van der Waals surface area contributed by atoms with Crippen LogP contribution in [0, 0.1) is 0 Å². The molecule has 0 aliphatic carbocycles. The van der Waals surface area contributed by atoms with Crippen molar-refractivity contribution < 1.29 is 4.74 Å². The van der Waals surface area contributed by atoms with Gasteiger partial charge in [-0.2, -0.15) is 4.98 Å². The van der Waals surface area contributed by atoms with Crippen molar-refractivity contribution in [2.24, 2.45) is 0 Å². The van der Waals surface area contributed by atoms with Crippen molar-refractivity contribution in [2.75, 3.05) is 18.6 Å². The molecule has 0 spiro atoms. The normalized spacial score (nSPS) is 11.2. The summed E-state index contributed by atoms with van der Waals surface area (Å²) in [4.78, 5) is 11.6. The van der Waals surface area contributed by atoms with E-state index in [1.54, 1.807) is 13.2 Å². The topological polar surface area (TPSA) is 103 Å². The number of methoxy groups -OCH3 is 1. The number of fused-ring (bicyclic) bond motifs is 3. The molecule has 0 aliphatic heterocycles. The van der Waals surface area contributed by atoms with Crippen molar-refractivity contribution >= 4 is 45.2 Å². The van der Waals surface area contributed by atoms with Gasteiger partial charge in [-0.05, 0) is 30.3 Å². The number of ether oxygens (including phenoxy) is 1. The third-order valence-electron chi connectivity index (χ3n) is 4.00. The quantitative estimate of drug-likeness (QED) is 0.517. The maximum atomic E-state index is 6.19. The minimum atomic E-state index is 0.138. The molecule has 0 saturated heterocycles. The molecular weight excluding hydrogens is 326 g/mol. The Morgan fingerprint density at radius 3 is 2.71 bits per heavy atom. The Bertz CT molecular complexity index is 1090. The first-order valence-corrected chi connectivity index (χ1v) is 7.63. The van der Waals surface area contributed by atoms with Gasteiger partial charge < -0.3 is 21.2 Å². The number of aromatic nitrogens is 3. The number of nitrogens with two attached hydrogens (primary N) is 2. The number of benzene rings is 2. The first-order chi connectivity index (χ1) is 11.6. The standard InChI is InChI=1S/C17H14ClN5O/c1-24-13-3-2-8(18)6-10(13)11-7-12-14(9-4-5-21-15(9)11)16(19)23-17(20)22-12/h2-7,21H,1H3,(H4,19,20,22,23). The zero-order valence-electron chi connectivity index (χ0n) is 12.8. The van der Waals surface area contributed by atoms with Crippen molar-refractivity contribution in [3.63, 3.8) is 0 Å². The lowest BCUT2D eigenvalue weighted by atomic mass is 9.99. The van der Waals surface area contributed by atoms with Gasteiger partial charge in [0.05, 0.1) is 23.5 Å². The van der Waals surface area contributed by atoms with Crippen molar-refractivity contribution in [3.8, 4) is 16.9 Å². The van der Waals surface area contributed by atoms with E-state index >= 15 is 0 Å². The molecule has 120 valence electrons. The van der Waals surface area contributed by atoms with Gasteiger partial charge in [0.25, 0.3) is 0 Å². The lowest BCUT2D eigenvalue weighted by Crippen LogP contribution is -2.01. The van der Waals surface area contributed by atoms with Gasteiger partial charge in [0.1, 0.15) is 11.6 Å².